The molecule has 4 aliphatic rings. The predicted molar refractivity (Wildman–Crippen MR) is 157 cm³/mol. The zero-order valence-corrected chi connectivity index (χ0v) is 23.9. The second-order valence-electron chi connectivity index (χ2n) is 10.1. The van der Waals surface area contributed by atoms with Gasteiger partial charge in [0.15, 0.2) is 0 Å². The van der Waals surface area contributed by atoms with Gasteiger partial charge in [-0.1, -0.05) is 42.5 Å². The summed E-state index contributed by atoms with van der Waals surface area (Å²) in [5.74, 6) is 0.823. The van der Waals surface area contributed by atoms with E-state index in [2.05, 4.69) is 0 Å². The minimum absolute atomic E-state index is 0. The van der Waals surface area contributed by atoms with E-state index in [9.17, 15) is 19.2 Å². The summed E-state index contributed by atoms with van der Waals surface area (Å²) in [7, 11) is 0. The van der Waals surface area contributed by atoms with Crippen molar-refractivity contribution < 1.29 is 17.1 Å². The molecule has 2 aliphatic heterocycles. The first-order chi connectivity index (χ1) is 20.6. The summed E-state index contributed by atoms with van der Waals surface area (Å²) in [6.07, 6.45) is 19.4. The summed E-state index contributed by atoms with van der Waals surface area (Å²) in [4.78, 5) is 54.4. The first kappa shape index (κ1) is 29.3. The summed E-state index contributed by atoms with van der Waals surface area (Å²) in [6, 6.07) is 16.3. The Kier molecular flexibility index (Phi) is 8.20. The molecular formula is C32H26FeN6O4+2. The molecule has 2 saturated carbocycles. The van der Waals surface area contributed by atoms with E-state index >= 15 is 0 Å². The van der Waals surface area contributed by atoms with Gasteiger partial charge < -0.3 is 0 Å². The topological polar surface area (TPSA) is 97.9 Å². The van der Waals surface area contributed by atoms with Crippen LogP contribution in [0.25, 0.3) is 11.4 Å². The van der Waals surface area contributed by atoms with Crippen LogP contribution in [-0.2, 0) is 30.2 Å². The van der Waals surface area contributed by atoms with Gasteiger partial charge in [0.25, 0.3) is 0 Å². The molecule has 10 nitrogen and oxygen atoms in total. The Morgan fingerprint density at radius 2 is 1.05 bits per heavy atom. The smallest absolute Gasteiger partial charge is 0.246 e. The number of hydrogen-bond acceptors (Lipinski definition) is 4. The molecule has 0 saturated heterocycles. The monoisotopic (exact) mass is 614 g/mol. The van der Waals surface area contributed by atoms with E-state index in [1.54, 1.807) is 48.5 Å². The van der Waals surface area contributed by atoms with Crippen LogP contribution in [0.15, 0.2) is 91.5 Å². The number of nitrogens with zero attached hydrogens (tertiary/aromatic N) is 6. The Bertz CT molecular complexity index is 1860. The van der Waals surface area contributed by atoms with Gasteiger partial charge in [-0.2, -0.15) is 0 Å². The molecule has 11 heteroatoms. The van der Waals surface area contributed by atoms with E-state index in [0.717, 1.165) is 20.6 Å². The van der Waals surface area contributed by atoms with Crippen molar-refractivity contribution in [1.29, 1.82) is 0 Å². The van der Waals surface area contributed by atoms with Gasteiger partial charge in [-0.25, -0.2) is 47.0 Å². The Hall–Kier alpha value is -3.82. The molecule has 43 heavy (non-hydrogen) atoms. The second-order valence-corrected chi connectivity index (χ2v) is 10.1. The molecule has 2 aromatic heterocycles. The van der Waals surface area contributed by atoms with Gasteiger partial charge >= 0.3 is 39.8 Å². The van der Waals surface area contributed by atoms with Gasteiger partial charge in [0.1, 0.15) is 0 Å². The molecule has 214 valence electrons. The first-order valence-electron chi connectivity index (χ1n) is 13.6. The molecule has 4 aromatic rings. The van der Waals surface area contributed by atoms with Crippen LogP contribution in [0.5, 0.6) is 0 Å². The Morgan fingerprint density at radius 1 is 0.558 bits per heavy atom. The third-order valence-electron chi connectivity index (χ3n) is 7.79. The molecule has 2 aromatic carbocycles. The molecule has 0 bridgehead atoms. The van der Waals surface area contributed by atoms with Crippen LogP contribution >= 0.6 is 0 Å². The van der Waals surface area contributed by atoms with Crippen molar-refractivity contribution >= 4 is 0 Å². The average molecular weight is 614 g/mol. The van der Waals surface area contributed by atoms with E-state index in [1.807, 2.05) is 76.0 Å². The van der Waals surface area contributed by atoms with Crippen LogP contribution in [-0.4, -0.2) is 27.9 Å². The van der Waals surface area contributed by atoms with Crippen LogP contribution in [0.4, 0.5) is 0 Å². The minimum Gasteiger partial charge on any atom is -0.246 e. The van der Waals surface area contributed by atoms with E-state index in [-0.39, 0.29) is 30.2 Å². The predicted octanol–water partition coefficient (Wildman–Crippen LogP) is 2.08. The van der Waals surface area contributed by atoms with Crippen molar-refractivity contribution in [2.45, 2.75) is 25.2 Å². The molecule has 2 fully saturated rings. The maximum atomic E-state index is 13.7. The fraction of sp³-hybridized carbons (Fsp3) is 0.125. The molecular weight excluding hydrogens is 588 g/mol. The molecule has 4 heterocycles. The van der Waals surface area contributed by atoms with Gasteiger partial charge in [0.2, 0.25) is 0 Å². The Balaban J connectivity index is 0.000000500. The molecule has 8 rings (SSSR count). The number of rotatable bonds is 3. The van der Waals surface area contributed by atoms with Gasteiger partial charge in [0.05, 0.1) is 36.5 Å². The number of hydrogen-bond donors (Lipinski definition) is 0. The van der Waals surface area contributed by atoms with Crippen LogP contribution in [0, 0.1) is 63.7 Å². The Labute approximate surface area is 258 Å². The quantitative estimate of drug-likeness (QED) is 0.261. The fourth-order valence-electron chi connectivity index (χ4n) is 5.95. The fourth-order valence-corrected chi connectivity index (χ4v) is 5.95. The first-order valence-corrected chi connectivity index (χ1v) is 13.6. The van der Waals surface area contributed by atoms with Gasteiger partial charge in [-0.05, 0) is 87.6 Å². The molecule has 2 unspecified atom stereocenters. The van der Waals surface area contributed by atoms with E-state index < -0.39 is 34.8 Å². The molecule has 0 N–H and O–H groups in total. The Morgan fingerprint density at radius 3 is 1.58 bits per heavy atom. The van der Waals surface area contributed by atoms with Crippen molar-refractivity contribution in [2.24, 2.45) is 0 Å². The maximum Gasteiger partial charge on any atom is 2.00 e. The molecule has 10 radical (unpaired) electrons. The third-order valence-corrected chi connectivity index (χ3v) is 7.79. The summed E-state index contributed by atoms with van der Waals surface area (Å²) < 4.78 is 7.99. The van der Waals surface area contributed by atoms with Crippen LogP contribution in [0.3, 0.4) is 0 Å². The standard InChI is InChI=1S/C27H21N6O4.C5H5.Fe/c34-24-28-16-15-21-22(32(28)26(36)30(24)19-11-3-1-4-12-19)17-29-25(35)31(20-13-5-2-6-14-20)27(37)33(29)23(21)18-9-7-8-10-18;1-2-4-5-3-1;/h1-15,22-23H,16-17H2;1-5H;/q;;+2. The van der Waals surface area contributed by atoms with Crippen LogP contribution < -0.4 is 22.8 Å². The number of fused-ring (bicyclic) bond motifs is 4. The number of para-hydroxylation sites is 2. The van der Waals surface area contributed by atoms with Crippen molar-refractivity contribution in [2.75, 3.05) is 0 Å². The zero-order valence-electron chi connectivity index (χ0n) is 22.8. The van der Waals surface area contributed by atoms with Crippen molar-refractivity contribution in [3.8, 4) is 11.4 Å². The maximum absolute atomic E-state index is 13.7. The van der Waals surface area contributed by atoms with E-state index in [0.29, 0.717) is 11.4 Å². The van der Waals surface area contributed by atoms with Crippen molar-refractivity contribution in [3.63, 3.8) is 0 Å². The molecule has 2 atom stereocenters. The molecule has 0 amide bonds. The van der Waals surface area contributed by atoms with Gasteiger partial charge in [-0.3, -0.25) is 0 Å². The minimum atomic E-state index is -0.623. The molecule has 2 aliphatic carbocycles. The average Bonchev–Trinajstić information content (AvgIpc) is 3.84. The van der Waals surface area contributed by atoms with Crippen LogP contribution in [0.2, 0.25) is 0 Å². The van der Waals surface area contributed by atoms with Gasteiger partial charge in [-0.15, -0.1) is 0 Å². The number of benzene rings is 2. The van der Waals surface area contributed by atoms with Crippen molar-refractivity contribution in [3.05, 3.63) is 178 Å². The largest absolute Gasteiger partial charge is 2.00 e. The SMILES string of the molecule is O=c1n(-c2ccccc2)c(=O)n2n1CC=C1C2Cn2c(=O)n(-c3ccccc3)c(=O)n2C1[C]1[CH][CH][CH][CH]1.[CH]1[CH][CH][CH][CH]1.[Fe+2]. The van der Waals surface area contributed by atoms with Crippen LogP contribution in [0.1, 0.15) is 12.1 Å². The second kappa shape index (κ2) is 12.1. The van der Waals surface area contributed by atoms with E-state index in [1.165, 1.54) is 18.7 Å². The number of allylic oxidation sites excluding steroid dienone is 2. The van der Waals surface area contributed by atoms with Crippen molar-refractivity contribution in [1.82, 2.24) is 27.9 Å². The zero-order chi connectivity index (χ0) is 28.8. The number of aromatic nitrogens is 6. The molecule has 0 spiro atoms. The summed E-state index contributed by atoms with van der Waals surface area (Å²) in [5, 5.41) is 0. The summed E-state index contributed by atoms with van der Waals surface area (Å²) in [6.45, 7) is 0.213. The van der Waals surface area contributed by atoms with Gasteiger partial charge in [0, 0.05) is 5.92 Å². The normalized spacial score (nSPS) is 20.7. The summed E-state index contributed by atoms with van der Waals surface area (Å²) in [5.41, 5.74) is -0.157. The summed E-state index contributed by atoms with van der Waals surface area (Å²) >= 11 is 0. The third kappa shape index (κ3) is 4.88. The van der Waals surface area contributed by atoms with E-state index in [4.69, 9.17) is 0 Å².